The van der Waals surface area contributed by atoms with Crippen molar-refractivity contribution in [2.24, 2.45) is 0 Å². The van der Waals surface area contributed by atoms with E-state index < -0.39 is 0 Å². The van der Waals surface area contributed by atoms with Gasteiger partial charge < -0.3 is 14.8 Å². The van der Waals surface area contributed by atoms with Gasteiger partial charge >= 0.3 is 0 Å². The summed E-state index contributed by atoms with van der Waals surface area (Å²) in [6.07, 6.45) is 1.48. The number of aromatic nitrogens is 2. The minimum atomic E-state index is 0.567. The molecule has 0 amide bonds. The van der Waals surface area contributed by atoms with Crippen LogP contribution >= 0.6 is 0 Å². The fourth-order valence-electron chi connectivity index (χ4n) is 1.53. The molecule has 0 radical (unpaired) electrons. The summed E-state index contributed by atoms with van der Waals surface area (Å²) in [4.78, 5) is 8.11. The summed E-state index contributed by atoms with van der Waals surface area (Å²) in [5.41, 5.74) is 0. The van der Waals surface area contributed by atoms with Gasteiger partial charge in [-0.25, -0.2) is 9.97 Å². The van der Waals surface area contributed by atoms with E-state index in [1.165, 1.54) is 6.33 Å². The first-order valence-electron chi connectivity index (χ1n) is 6.25. The van der Waals surface area contributed by atoms with Gasteiger partial charge in [0, 0.05) is 6.07 Å². The van der Waals surface area contributed by atoms with E-state index in [4.69, 9.17) is 9.47 Å². The minimum Gasteiger partial charge on any atom is -0.492 e. The zero-order valence-corrected chi connectivity index (χ0v) is 10.9. The van der Waals surface area contributed by atoms with Crippen LogP contribution in [0.4, 0.5) is 5.82 Å². The molecular weight excluding hydrogens is 242 g/mol. The van der Waals surface area contributed by atoms with Crippen LogP contribution in [0.1, 0.15) is 6.92 Å². The van der Waals surface area contributed by atoms with E-state index in [0.717, 1.165) is 11.6 Å². The van der Waals surface area contributed by atoms with Crippen molar-refractivity contribution >= 4 is 5.82 Å². The lowest BCUT2D eigenvalue weighted by Gasteiger charge is -2.08. The SMILES string of the molecule is CCOc1cc(NCCOc2ccccc2)ncn1. The fourth-order valence-corrected chi connectivity index (χ4v) is 1.53. The van der Waals surface area contributed by atoms with E-state index in [1.54, 1.807) is 6.07 Å². The molecule has 1 aromatic carbocycles. The number of hydrogen-bond donors (Lipinski definition) is 1. The quantitative estimate of drug-likeness (QED) is 0.774. The molecule has 0 saturated heterocycles. The summed E-state index contributed by atoms with van der Waals surface area (Å²) in [7, 11) is 0. The molecule has 0 saturated carbocycles. The molecule has 2 rings (SSSR count). The molecule has 5 nitrogen and oxygen atoms in total. The molecule has 0 bridgehead atoms. The topological polar surface area (TPSA) is 56.3 Å². The Morgan fingerprint density at radius 2 is 1.95 bits per heavy atom. The molecule has 0 aliphatic carbocycles. The Hall–Kier alpha value is -2.30. The van der Waals surface area contributed by atoms with Gasteiger partial charge in [-0.3, -0.25) is 0 Å². The molecule has 0 fully saturated rings. The van der Waals surface area contributed by atoms with Crippen LogP contribution in [0.15, 0.2) is 42.7 Å². The van der Waals surface area contributed by atoms with E-state index in [9.17, 15) is 0 Å². The number of nitrogens with one attached hydrogen (secondary N) is 1. The second kappa shape index (κ2) is 7.20. The molecule has 19 heavy (non-hydrogen) atoms. The Morgan fingerprint density at radius 1 is 1.11 bits per heavy atom. The number of rotatable bonds is 7. The van der Waals surface area contributed by atoms with Crippen molar-refractivity contribution < 1.29 is 9.47 Å². The molecule has 0 spiro atoms. The first-order valence-corrected chi connectivity index (χ1v) is 6.25. The monoisotopic (exact) mass is 259 g/mol. The molecule has 1 aromatic heterocycles. The molecule has 0 aliphatic heterocycles. The average molecular weight is 259 g/mol. The molecule has 1 heterocycles. The highest BCUT2D eigenvalue weighted by Gasteiger charge is 1.98. The molecule has 0 atom stereocenters. The van der Waals surface area contributed by atoms with Gasteiger partial charge in [0.25, 0.3) is 0 Å². The van der Waals surface area contributed by atoms with Crippen molar-refractivity contribution in [1.82, 2.24) is 9.97 Å². The highest BCUT2D eigenvalue weighted by atomic mass is 16.5. The van der Waals surface area contributed by atoms with E-state index in [1.807, 2.05) is 37.3 Å². The number of para-hydroxylation sites is 1. The van der Waals surface area contributed by atoms with E-state index in [2.05, 4.69) is 15.3 Å². The third-order valence-corrected chi connectivity index (χ3v) is 2.35. The molecular formula is C14H17N3O2. The summed E-state index contributed by atoms with van der Waals surface area (Å²) in [6.45, 7) is 3.74. The number of benzene rings is 1. The predicted octanol–water partition coefficient (Wildman–Crippen LogP) is 2.37. The summed E-state index contributed by atoms with van der Waals surface area (Å²) in [6, 6.07) is 11.5. The highest BCUT2D eigenvalue weighted by Crippen LogP contribution is 2.11. The third kappa shape index (κ3) is 4.46. The van der Waals surface area contributed by atoms with Crippen LogP contribution in [-0.4, -0.2) is 29.7 Å². The van der Waals surface area contributed by atoms with Gasteiger partial charge in [-0.05, 0) is 19.1 Å². The van der Waals surface area contributed by atoms with Crippen LogP contribution in [0.3, 0.4) is 0 Å². The lowest BCUT2D eigenvalue weighted by atomic mass is 10.3. The summed E-state index contributed by atoms with van der Waals surface area (Å²) in [5, 5.41) is 3.16. The van der Waals surface area contributed by atoms with Gasteiger partial charge in [0.2, 0.25) is 5.88 Å². The molecule has 100 valence electrons. The maximum Gasteiger partial charge on any atom is 0.218 e. The second-order valence-electron chi connectivity index (χ2n) is 3.76. The van der Waals surface area contributed by atoms with Gasteiger partial charge in [-0.1, -0.05) is 18.2 Å². The fraction of sp³-hybridized carbons (Fsp3) is 0.286. The van der Waals surface area contributed by atoms with Gasteiger partial charge in [0.15, 0.2) is 0 Å². The first-order chi connectivity index (χ1) is 9.38. The minimum absolute atomic E-state index is 0.567. The van der Waals surface area contributed by atoms with Gasteiger partial charge in [0.1, 0.15) is 24.5 Å². The summed E-state index contributed by atoms with van der Waals surface area (Å²) >= 11 is 0. The lowest BCUT2D eigenvalue weighted by Crippen LogP contribution is -2.12. The normalized spacial score (nSPS) is 9.95. The van der Waals surface area contributed by atoms with Crippen molar-refractivity contribution in [3.05, 3.63) is 42.7 Å². The smallest absolute Gasteiger partial charge is 0.218 e. The molecule has 0 unspecified atom stereocenters. The Bertz CT molecular complexity index is 491. The van der Waals surface area contributed by atoms with Crippen molar-refractivity contribution in [2.45, 2.75) is 6.92 Å². The van der Waals surface area contributed by atoms with Crippen LogP contribution in [-0.2, 0) is 0 Å². The standard InChI is InChI=1S/C14H17N3O2/c1-2-18-14-10-13(16-11-17-14)15-8-9-19-12-6-4-3-5-7-12/h3-7,10-11H,2,8-9H2,1H3,(H,15,16,17). The van der Waals surface area contributed by atoms with Crippen LogP contribution in [0.5, 0.6) is 11.6 Å². The van der Waals surface area contributed by atoms with Gasteiger partial charge in [0.05, 0.1) is 13.2 Å². The van der Waals surface area contributed by atoms with Crippen LogP contribution in [0, 0.1) is 0 Å². The second-order valence-corrected chi connectivity index (χ2v) is 3.76. The highest BCUT2D eigenvalue weighted by molar-refractivity contribution is 5.36. The van der Waals surface area contributed by atoms with Crippen molar-refractivity contribution in [2.75, 3.05) is 25.1 Å². The number of hydrogen-bond acceptors (Lipinski definition) is 5. The number of nitrogens with zero attached hydrogens (tertiary/aromatic N) is 2. The lowest BCUT2D eigenvalue weighted by molar-refractivity contribution is 0.325. The summed E-state index contributed by atoms with van der Waals surface area (Å²) < 4.78 is 10.9. The number of anilines is 1. The zero-order chi connectivity index (χ0) is 13.3. The largest absolute Gasteiger partial charge is 0.492 e. The Morgan fingerprint density at radius 3 is 2.74 bits per heavy atom. The van der Waals surface area contributed by atoms with Crippen molar-refractivity contribution in [3.8, 4) is 11.6 Å². The zero-order valence-electron chi connectivity index (χ0n) is 10.9. The van der Waals surface area contributed by atoms with Crippen molar-refractivity contribution in [3.63, 3.8) is 0 Å². The molecule has 0 aliphatic rings. The van der Waals surface area contributed by atoms with Crippen LogP contribution in [0.25, 0.3) is 0 Å². The average Bonchev–Trinajstić information content (AvgIpc) is 2.46. The Balaban J connectivity index is 1.75. The molecule has 2 aromatic rings. The number of ether oxygens (including phenoxy) is 2. The van der Waals surface area contributed by atoms with E-state index >= 15 is 0 Å². The van der Waals surface area contributed by atoms with E-state index in [0.29, 0.717) is 25.6 Å². The van der Waals surface area contributed by atoms with Gasteiger partial charge in [-0.2, -0.15) is 0 Å². The Kier molecular flexibility index (Phi) is 4.98. The Labute approximate surface area is 112 Å². The maximum atomic E-state index is 5.57. The van der Waals surface area contributed by atoms with Crippen LogP contribution in [0.2, 0.25) is 0 Å². The molecule has 5 heteroatoms. The first kappa shape index (κ1) is 13.1. The van der Waals surface area contributed by atoms with E-state index in [-0.39, 0.29) is 0 Å². The predicted molar refractivity (Wildman–Crippen MR) is 73.6 cm³/mol. The third-order valence-electron chi connectivity index (χ3n) is 2.35. The van der Waals surface area contributed by atoms with Crippen molar-refractivity contribution in [1.29, 1.82) is 0 Å². The van der Waals surface area contributed by atoms with Crippen LogP contribution < -0.4 is 14.8 Å². The summed E-state index contributed by atoms with van der Waals surface area (Å²) in [5.74, 6) is 2.17. The molecule has 1 N–H and O–H groups in total. The maximum absolute atomic E-state index is 5.57. The van der Waals surface area contributed by atoms with Gasteiger partial charge in [-0.15, -0.1) is 0 Å².